The fourth-order valence-corrected chi connectivity index (χ4v) is 3.02. The fourth-order valence-electron chi connectivity index (χ4n) is 3.02. The van der Waals surface area contributed by atoms with E-state index in [-0.39, 0.29) is 24.1 Å². The molecule has 178 valence electrons. The van der Waals surface area contributed by atoms with Gasteiger partial charge in [-0.25, -0.2) is 0 Å². The summed E-state index contributed by atoms with van der Waals surface area (Å²) in [4.78, 5) is 35.9. The van der Waals surface area contributed by atoms with E-state index >= 15 is 0 Å². The third-order valence-electron chi connectivity index (χ3n) is 5.04. The molecule has 3 N–H and O–H groups in total. The monoisotopic (exact) mass is 463 g/mol. The van der Waals surface area contributed by atoms with E-state index in [1.807, 2.05) is 12.1 Å². The lowest BCUT2D eigenvalue weighted by Crippen LogP contribution is -2.42. The third kappa shape index (κ3) is 7.23. The fraction of sp³-hybridized carbons (Fsp3) is 0.269. The lowest BCUT2D eigenvalue weighted by Gasteiger charge is -2.19. The van der Waals surface area contributed by atoms with E-state index in [1.165, 1.54) is 17.9 Å². The van der Waals surface area contributed by atoms with Crippen molar-refractivity contribution in [2.75, 3.05) is 6.54 Å². The van der Waals surface area contributed by atoms with Gasteiger partial charge in [-0.05, 0) is 52.9 Å². The first-order valence-electron chi connectivity index (χ1n) is 11.0. The molecule has 3 rings (SSSR count). The van der Waals surface area contributed by atoms with Gasteiger partial charge in [0.05, 0.1) is 6.26 Å². The van der Waals surface area contributed by atoms with Gasteiger partial charge in [0.15, 0.2) is 5.76 Å². The summed E-state index contributed by atoms with van der Waals surface area (Å²) in [7, 11) is 0. The molecule has 1 heterocycles. The highest BCUT2D eigenvalue weighted by molar-refractivity contribution is 5.95. The average Bonchev–Trinajstić information content (AvgIpc) is 3.36. The van der Waals surface area contributed by atoms with Gasteiger partial charge in [-0.3, -0.25) is 25.2 Å². The molecule has 0 aliphatic carbocycles. The van der Waals surface area contributed by atoms with Crippen LogP contribution >= 0.6 is 0 Å². The molecule has 1 aromatic heterocycles. The summed E-state index contributed by atoms with van der Waals surface area (Å²) in [5, 5.41) is 2.56. The summed E-state index contributed by atoms with van der Waals surface area (Å²) in [5.41, 5.74) is 7.31. The molecule has 8 nitrogen and oxygen atoms in total. The molecular weight excluding hydrogens is 434 g/mol. The van der Waals surface area contributed by atoms with Crippen LogP contribution in [-0.4, -0.2) is 24.3 Å². The maximum Gasteiger partial charge on any atom is 0.286 e. The number of nitrogens with one attached hydrogen (secondary N) is 3. The first-order chi connectivity index (χ1) is 16.2. The van der Waals surface area contributed by atoms with Crippen LogP contribution in [-0.2, 0) is 16.8 Å². The summed E-state index contributed by atoms with van der Waals surface area (Å²) in [6.45, 7) is 6.96. The van der Waals surface area contributed by atoms with Crippen LogP contribution in [0.2, 0.25) is 0 Å². The molecule has 0 saturated carbocycles. The molecule has 8 heteroatoms. The average molecular weight is 464 g/mol. The number of hydrazine groups is 1. The number of furan rings is 1. The van der Waals surface area contributed by atoms with E-state index in [1.54, 1.807) is 30.3 Å². The molecule has 34 heavy (non-hydrogen) atoms. The molecule has 0 aliphatic rings. The molecule has 0 bridgehead atoms. The van der Waals surface area contributed by atoms with Gasteiger partial charge in [0.25, 0.3) is 11.8 Å². The van der Waals surface area contributed by atoms with Crippen molar-refractivity contribution in [2.45, 2.75) is 39.2 Å². The number of benzene rings is 2. The van der Waals surface area contributed by atoms with E-state index in [0.29, 0.717) is 12.2 Å². The molecule has 0 fully saturated rings. The summed E-state index contributed by atoms with van der Waals surface area (Å²) >= 11 is 0. The largest absolute Gasteiger partial charge is 0.489 e. The number of hydrogen-bond acceptors (Lipinski definition) is 5. The van der Waals surface area contributed by atoms with E-state index in [4.69, 9.17) is 9.15 Å². The Morgan fingerprint density at radius 2 is 1.59 bits per heavy atom. The van der Waals surface area contributed by atoms with E-state index in [0.717, 1.165) is 11.3 Å². The Labute approximate surface area is 198 Å². The zero-order valence-corrected chi connectivity index (χ0v) is 19.5. The van der Waals surface area contributed by atoms with Crippen LogP contribution in [0.3, 0.4) is 0 Å². The summed E-state index contributed by atoms with van der Waals surface area (Å²) < 4.78 is 10.8. The van der Waals surface area contributed by atoms with Crippen molar-refractivity contribution in [3.63, 3.8) is 0 Å². The lowest BCUT2D eigenvalue weighted by molar-refractivity contribution is -0.121. The zero-order valence-electron chi connectivity index (χ0n) is 19.5. The number of hydrogen-bond donors (Lipinski definition) is 3. The van der Waals surface area contributed by atoms with Crippen LogP contribution in [0.1, 0.15) is 59.2 Å². The topological polar surface area (TPSA) is 110 Å². The molecule has 0 atom stereocenters. The van der Waals surface area contributed by atoms with Crippen molar-refractivity contribution in [3.8, 4) is 5.75 Å². The van der Waals surface area contributed by atoms with Crippen LogP contribution in [0, 0.1) is 0 Å². The van der Waals surface area contributed by atoms with Crippen molar-refractivity contribution >= 4 is 17.7 Å². The minimum Gasteiger partial charge on any atom is -0.489 e. The molecule has 3 aromatic rings. The lowest BCUT2D eigenvalue weighted by atomic mass is 9.87. The number of rotatable bonds is 8. The Morgan fingerprint density at radius 3 is 2.21 bits per heavy atom. The molecule has 0 radical (unpaired) electrons. The number of carbonyl (C=O) groups is 3. The first kappa shape index (κ1) is 24.6. The summed E-state index contributed by atoms with van der Waals surface area (Å²) in [5.74, 6) is -0.347. The highest BCUT2D eigenvalue weighted by atomic mass is 16.5. The minimum absolute atomic E-state index is 0.000261. The molecule has 2 aromatic carbocycles. The van der Waals surface area contributed by atoms with Gasteiger partial charge in [-0.2, -0.15) is 0 Å². The Balaban J connectivity index is 1.38. The van der Waals surface area contributed by atoms with E-state index in [2.05, 4.69) is 49.1 Å². The maximum absolute atomic E-state index is 12.3. The van der Waals surface area contributed by atoms with Crippen molar-refractivity contribution < 1.29 is 23.5 Å². The van der Waals surface area contributed by atoms with Crippen LogP contribution < -0.4 is 20.9 Å². The molecular formula is C26H29N3O5. The number of carbonyl (C=O) groups excluding carboxylic acids is 3. The number of amides is 3. The molecule has 3 amide bonds. The summed E-state index contributed by atoms with van der Waals surface area (Å²) in [6, 6.07) is 18.1. The quantitative estimate of drug-likeness (QED) is 0.441. The Morgan fingerprint density at radius 1 is 0.882 bits per heavy atom. The van der Waals surface area contributed by atoms with Crippen molar-refractivity contribution in [3.05, 3.63) is 89.4 Å². The molecule has 0 saturated heterocycles. The molecule has 0 aliphatic heterocycles. The third-order valence-corrected chi connectivity index (χ3v) is 5.04. The second-order valence-corrected chi connectivity index (χ2v) is 8.75. The van der Waals surface area contributed by atoms with Crippen molar-refractivity contribution in [1.29, 1.82) is 0 Å². The Hall–Kier alpha value is -4.07. The highest BCUT2D eigenvalue weighted by Gasteiger charge is 2.13. The Bertz CT molecular complexity index is 1100. The van der Waals surface area contributed by atoms with Crippen LogP contribution in [0.5, 0.6) is 5.75 Å². The van der Waals surface area contributed by atoms with Crippen LogP contribution in [0.4, 0.5) is 0 Å². The van der Waals surface area contributed by atoms with E-state index in [9.17, 15) is 14.4 Å². The van der Waals surface area contributed by atoms with Crippen molar-refractivity contribution in [2.24, 2.45) is 0 Å². The first-order valence-corrected chi connectivity index (χ1v) is 11.0. The van der Waals surface area contributed by atoms with Gasteiger partial charge in [-0.1, -0.05) is 45.0 Å². The predicted molar refractivity (Wildman–Crippen MR) is 127 cm³/mol. The van der Waals surface area contributed by atoms with E-state index < -0.39 is 17.7 Å². The van der Waals surface area contributed by atoms with Crippen molar-refractivity contribution in [1.82, 2.24) is 16.2 Å². The second-order valence-electron chi connectivity index (χ2n) is 8.75. The standard InChI is InChI=1S/C26H29N3O5/c1-26(2,3)20-10-12-21(13-11-20)34-17-18-6-8-19(9-7-18)24(31)29-28-23(30)14-15-27-25(32)22-5-4-16-33-22/h4-13,16H,14-15,17H2,1-3H3,(H,27,32)(H,28,30)(H,29,31). The van der Waals surface area contributed by atoms with Gasteiger partial charge >= 0.3 is 0 Å². The zero-order chi connectivity index (χ0) is 24.6. The Kier molecular flexibility index (Phi) is 8.08. The molecule has 0 spiro atoms. The minimum atomic E-state index is -0.446. The van der Waals surface area contributed by atoms with Gasteiger partial charge in [-0.15, -0.1) is 0 Å². The number of ether oxygens (including phenoxy) is 1. The molecule has 0 unspecified atom stereocenters. The van der Waals surface area contributed by atoms with Gasteiger partial charge < -0.3 is 14.5 Å². The van der Waals surface area contributed by atoms with Gasteiger partial charge in [0.1, 0.15) is 12.4 Å². The SMILES string of the molecule is CC(C)(C)c1ccc(OCc2ccc(C(=O)NNC(=O)CCNC(=O)c3ccco3)cc2)cc1. The van der Waals surface area contributed by atoms with Gasteiger partial charge in [0.2, 0.25) is 5.91 Å². The summed E-state index contributed by atoms with van der Waals surface area (Å²) in [6.07, 6.45) is 1.39. The van der Waals surface area contributed by atoms with Crippen LogP contribution in [0.15, 0.2) is 71.3 Å². The van der Waals surface area contributed by atoms with Gasteiger partial charge in [0, 0.05) is 18.5 Å². The maximum atomic E-state index is 12.3. The second kappa shape index (κ2) is 11.2. The normalized spacial score (nSPS) is 10.9. The smallest absolute Gasteiger partial charge is 0.286 e. The van der Waals surface area contributed by atoms with Crippen LogP contribution in [0.25, 0.3) is 0 Å². The predicted octanol–water partition coefficient (Wildman–Crippen LogP) is 3.74. The highest BCUT2D eigenvalue weighted by Crippen LogP contribution is 2.24.